The first-order chi connectivity index (χ1) is 15.6. The lowest BCUT2D eigenvalue weighted by Crippen LogP contribution is -2.54. The standard InChI is InChI=1S/C23H28Cl2FN3O4S/c1-15(22(31)27-23(2,3)4)28(13-16-17(24)9-8-10-18(16)25)21(30)14-29(34(5,32)33)20-12-7-6-11-19(20)26/h6-12,15H,13-14H2,1-5H3,(H,27,31)/t15-/m0/s1. The minimum atomic E-state index is -4.04. The molecule has 1 atom stereocenters. The van der Waals surface area contributed by atoms with Gasteiger partial charge in [0.1, 0.15) is 18.4 Å². The summed E-state index contributed by atoms with van der Waals surface area (Å²) in [6, 6.07) is 9.03. The first-order valence-corrected chi connectivity index (χ1v) is 13.0. The fourth-order valence-electron chi connectivity index (χ4n) is 3.16. The molecular formula is C23H28Cl2FN3O4S. The van der Waals surface area contributed by atoms with Gasteiger partial charge in [-0.3, -0.25) is 13.9 Å². The summed E-state index contributed by atoms with van der Waals surface area (Å²) in [5.74, 6) is -2.00. The molecule has 0 saturated heterocycles. The van der Waals surface area contributed by atoms with Crippen LogP contribution in [0, 0.1) is 5.82 Å². The lowest BCUT2D eigenvalue weighted by molar-refractivity contribution is -0.140. The number of rotatable bonds is 8. The molecule has 0 radical (unpaired) electrons. The van der Waals surface area contributed by atoms with Crippen LogP contribution in [0.25, 0.3) is 0 Å². The number of hydrogen-bond donors (Lipinski definition) is 1. The average molecular weight is 532 g/mol. The van der Waals surface area contributed by atoms with E-state index in [0.29, 0.717) is 9.87 Å². The van der Waals surface area contributed by atoms with E-state index in [4.69, 9.17) is 23.2 Å². The molecule has 2 aromatic carbocycles. The van der Waals surface area contributed by atoms with Crippen molar-refractivity contribution in [2.45, 2.75) is 45.8 Å². The van der Waals surface area contributed by atoms with Gasteiger partial charge in [-0.2, -0.15) is 0 Å². The second-order valence-electron chi connectivity index (χ2n) is 8.86. The minimum absolute atomic E-state index is 0.162. The summed E-state index contributed by atoms with van der Waals surface area (Å²) < 4.78 is 40.0. The highest BCUT2D eigenvalue weighted by atomic mass is 35.5. The van der Waals surface area contributed by atoms with E-state index in [1.807, 2.05) is 0 Å². The zero-order valence-corrected chi connectivity index (χ0v) is 21.9. The van der Waals surface area contributed by atoms with Crippen LogP contribution in [0.3, 0.4) is 0 Å². The Hall–Kier alpha value is -2.36. The highest BCUT2D eigenvalue weighted by molar-refractivity contribution is 7.92. The Morgan fingerprint density at radius 3 is 2.12 bits per heavy atom. The van der Waals surface area contributed by atoms with E-state index in [0.717, 1.165) is 12.3 Å². The summed E-state index contributed by atoms with van der Waals surface area (Å²) in [6.45, 7) is 5.99. The van der Waals surface area contributed by atoms with Crippen LogP contribution in [0.2, 0.25) is 10.0 Å². The van der Waals surface area contributed by atoms with E-state index in [2.05, 4.69) is 5.32 Å². The highest BCUT2D eigenvalue weighted by Crippen LogP contribution is 2.27. The number of para-hydroxylation sites is 1. The van der Waals surface area contributed by atoms with Crippen molar-refractivity contribution >= 4 is 50.7 Å². The molecular weight excluding hydrogens is 504 g/mol. The molecule has 0 aliphatic carbocycles. The number of halogens is 3. The molecule has 2 amide bonds. The van der Waals surface area contributed by atoms with Crippen molar-refractivity contribution in [1.82, 2.24) is 10.2 Å². The summed E-state index contributed by atoms with van der Waals surface area (Å²) in [6.07, 6.45) is 0.873. The number of carbonyl (C=O) groups excluding carboxylic acids is 2. The van der Waals surface area contributed by atoms with E-state index in [9.17, 15) is 22.4 Å². The SMILES string of the molecule is C[C@@H](C(=O)NC(C)(C)C)N(Cc1c(Cl)cccc1Cl)C(=O)CN(c1ccccc1F)S(C)(=O)=O. The summed E-state index contributed by atoms with van der Waals surface area (Å²) in [5.41, 5.74) is -0.458. The molecule has 0 spiro atoms. The van der Waals surface area contributed by atoms with Crippen LogP contribution >= 0.6 is 23.2 Å². The third kappa shape index (κ3) is 7.32. The fraction of sp³-hybridized carbons (Fsp3) is 0.391. The molecule has 0 unspecified atom stereocenters. The Kier molecular flexibility index (Phi) is 8.96. The Labute approximate surface area is 209 Å². The third-order valence-corrected chi connectivity index (χ3v) is 6.69. The van der Waals surface area contributed by atoms with Gasteiger partial charge in [-0.15, -0.1) is 0 Å². The first-order valence-electron chi connectivity index (χ1n) is 10.4. The number of anilines is 1. The van der Waals surface area contributed by atoms with Crippen LogP contribution in [0.4, 0.5) is 10.1 Å². The lowest BCUT2D eigenvalue weighted by Gasteiger charge is -2.33. The number of hydrogen-bond acceptors (Lipinski definition) is 4. The number of amides is 2. The normalized spacial score (nSPS) is 12.7. The van der Waals surface area contributed by atoms with Crippen LogP contribution in [-0.4, -0.2) is 49.5 Å². The van der Waals surface area contributed by atoms with Gasteiger partial charge in [0.2, 0.25) is 21.8 Å². The molecule has 0 heterocycles. The van der Waals surface area contributed by atoms with Crippen LogP contribution in [0.15, 0.2) is 42.5 Å². The van der Waals surface area contributed by atoms with Gasteiger partial charge in [-0.1, -0.05) is 41.4 Å². The van der Waals surface area contributed by atoms with E-state index in [1.54, 1.807) is 39.0 Å². The van der Waals surface area contributed by atoms with Gasteiger partial charge in [0, 0.05) is 27.7 Å². The third-order valence-electron chi connectivity index (χ3n) is 4.86. The smallest absolute Gasteiger partial charge is 0.244 e. The van der Waals surface area contributed by atoms with Crippen molar-refractivity contribution in [3.8, 4) is 0 Å². The van der Waals surface area contributed by atoms with Crippen molar-refractivity contribution in [2.24, 2.45) is 0 Å². The van der Waals surface area contributed by atoms with Gasteiger partial charge in [0.15, 0.2) is 0 Å². The number of benzene rings is 2. The molecule has 0 saturated carbocycles. The molecule has 7 nitrogen and oxygen atoms in total. The van der Waals surface area contributed by atoms with E-state index >= 15 is 0 Å². The molecule has 0 bridgehead atoms. The van der Waals surface area contributed by atoms with Gasteiger partial charge in [-0.05, 0) is 52.0 Å². The summed E-state index contributed by atoms with van der Waals surface area (Å²) in [7, 11) is -4.04. The maximum atomic E-state index is 14.4. The van der Waals surface area contributed by atoms with E-state index < -0.39 is 45.8 Å². The molecule has 11 heteroatoms. The van der Waals surface area contributed by atoms with Crippen molar-refractivity contribution in [3.05, 3.63) is 63.9 Å². The first kappa shape index (κ1) is 27.9. The maximum absolute atomic E-state index is 14.4. The van der Waals surface area contributed by atoms with Gasteiger partial charge >= 0.3 is 0 Å². The maximum Gasteiger partial charge on any atom is 0.244 e. The minimum Gasteiger partial charge on any atom is -0.350 e. The molecule has 2 aromatic rings. The van der Waals surface area contributed by atoms with E-state index in [-0.39, 0.29) is 22.3 Å². The van der Waals surface area contributed by atoms with Gasteiger partial charge in [-0.25, -0.2) is 12.8 Å². The van der Waals surface area contributed by atoms with Crippen LogP contribution in [0.1, 0.15) is 33.3 Å². The predicted octanol–water partition coefficient (Wildman–Crippen LogP) is 4.23. The zero-order valence-electron chi connectivity index (χ0n) is 19.6. The molecule has 0 fully saturated rings. The van der Waals surface area contributed by atoms with Crippen molar-refractivity contribution in [1.29, 1.82) is 0 Å². The quantitative estimate of drug-likeness (QED) is 0.552. The monoisotopic (exact) mass is 531 g/mol. The molecule has 0 aromatic heterocycles. The zero-order chi connectivity index (χ0) is 25.8. The Morgan fingerprint density at radius 1 is 1.06 bits per heavy atom. The van der Waals surface area contributed by atoms with Crippen molar-refractivity contribution < 1.29 is 22.4 Å². The van der Waals surface area contributed by atoms with Crippen LogP contribution in [0.5, 0.6) is 0 Å². The van der Waals surface area contributed by atoms with Crippen LogP contribution in [-0.2, 0) is 26.2 Å². The Balaban J connectivity index is 2.48. The molecule has 34 heavy (non-hydrogen) atoms. The van der Waals surface area contributed by atoms with Crippen molar-refractivity contribution in [3.63, 3.8) is 0 Å². The molecule has 0 aliphatic heterocycles. The number of nitrogens with zero attached hydrogens (tertiary/aromatic N) is 2. The number of nitrogens with one attached hydrogen (secondary N) is 1. The molecule has 186 valence electrons. The van der Waals surface area contributed by atoms with Crippen LogP contribution < -0.4 is 9.62 Å². The molecule has 1 N–H and O–H groups in total. The molecule has 2 rings (SSSR count). The van der Waals surface area contributed by atoms with Crippen molar-refractivity contribution in [2.75, 3.05) is 17.1 Å². The number of carbonyl (C=O) groups is 2. The van der Waals surface area contributed by atoms with E-state index in [1.165, 1.54) is 30.0 Å². The summed E-state index contributed by atoms with van der Waals surface area (Å²) in [4.78, 5) is 27.5. The van der Waals surface area contributed by atoms with Gasteiger partial charge in [0.25, 0.3) is 0 Å². The summed E-state index contributed by atoms with van der Waals surface area (Å²) >= 11 is 12.6. The second-order valence-corrected chi connectivity index (χ2v) is 11.6. The van der Waals surface area contributed by atoms with Gasteiger partial charge in [0.05, 0.1) is 11.9 Å². The van der Waals surface area contributed by atoms with Gasteiger partial charge < -0.3 is 10.2 Å². The average Bonchev–Trinajstić information content (AvgIpc) is 2.70. The largest absolute Gasteiger partial charge is 0.350 e. The number of sulfonamides is 1. The topological polar surface area (TPSA) is 86.8 Å². The lowest BCUT2D eigenvalue weighted by atomic mass is 10.1. The Bertz CT molecular complexity index is 1150. The second kappa shape index (κ2) is 10.9. The fourth-order valence-corrected chi connectivity index (χ4v) is 4.53. The predicted molar refractivity (Wildman–Crippen MR) is 133 cm³/mol. The summed E-state index contributed by atoms with van der Waals surface area (Å²) in [5, 5.41) is 3.36. The highest BCUT2D eigenvalue weighted by Gasteiger charge is 2.32. The molecule has 0 aliphatic rings. The Morgan fingerprint density at radius 2 is 1.62 bits per heavy atom.